The van der Waals surface area contributed by atoms with Crippen molar-refractivity contribution < 1.29 is 32.4 Å². The van der Waals surface area contributed by atoms with Gasteiger partial charge in [0.1, 0.15) is 6.20 Å². The van der Waals surface area contributed by atoms with Crippen molar-refractivity contribution in [1.29, 1.82) is 0 Å². The largest absolute Gasteiger partial charge is 0.573 e. The number of nitrogens with zero attached hydrogens (tertiary/aromatic N) is 2. The van der Waals surface area contributed by atoms with E-state index in [9.17, 15) is 28.1 Å². The summed E-state index contributed by atoms with van der Waals surface area (Å²) in [5, 5.41) is 10.6. The van der Waals surface area contributed by atoms with Crippen LogP contribution in [0.25, 0.3) is 0 Å². The second-order valence-electron chi connectivity index (χ2n) is 3.24. The first-order chi connectivity index (χ1) is 8.67. The van der Waals surface area contributed by atoms with E-state index in [1.165, 1.54) is 0 Å². The van der Waals surface area contributed by atoms with Gasteiger partial charge in [0.2, 0.25) is 5.75 Å². The van der Waals surface area contributed by atoms with Gasteiger partial charge in [0.25, 0.3) is 0 Å². The number of alkyl halides is 3. The summed E-state index contributed by atoms with van der Waals surface area (Å²) in [6, 6.07) is 0. The summed E-state index contributed by atoms with van der Waals surface area (Å²) in [7, 11) is 0.995. The SMILES string of the molecule is COC(=O)c1ncc([N+](=O)[O-])c(OC(F)(F)F)c1C. The van der Waals surface area contributed by atoms with Gasteiger partial charge >= 0.3 is 18.0 Å². The smallest absolute Gasteiger partial charge is 0.464 e. The minimum absolute atomic E-state index is 0.432. The van der Waals surface area contributed by atoms with E-state index in [0.717, 1.165) is 14.0 Å². The Bertz CT molecular complexity index is 529. The molecule has 0 radical (unpaired) electrons. The van der Waals surface area contributed by atoms with Gasteiger partial charge in [-0.25, -0.2) is 9.78 Å². The maximum atomic E-state index is 12.2. The van der Waals surface area contributed by atoms with Crippen LogP contribution < -0.4 is 4.74 Å². The van der Waals surface area contributed by atoms with Crippen molar-refractivity contribution >= 4 is 11.7 Å². The zero-order chi connectivity index (χ0) is 14.8. The molecule has 7 nitrogen and oxygen atoms in total. The Hall–Kier alpha value is -2.39. The molecule has 0 bridgehead atoms. The molecule has 1 heterocycles. The lowest BCUT2D eigenvalue weighted by molar-refractivity contribution is -0.389. The monoisotopic (exact) mass is 280 g/mol. The summed E-state index contributed by atoms with van der Waals surface area (Å²) < 4.78 is 44.5. The number of nitro groups is 1. The van der Waals surface area contributed by atoms with Crippen LogP contribution in [0, 0.1) is 17.0 Å². The number of esters is 1. The third-order valence-corrected chi connectivity index (χ3v) is 2.04. The Kier molecular flexibility index (Phi) is 3.92. The standard InChI is InChI=1S/C9H7F3N2O5/c1-4-6(8(15)18-2)13-3-5(14(16)17)7(4)19-9(10,11)12/h3H,1-2H3. The second-order valence-corrected chi connectivity index (χ2v) is 3.24. The Morgan fingerprint density at radius 2 is 2.05 bits per heavy atom. The van der Waals surface area contributed by atoms with Gasteiger partial charge in [0.05, 0.1) is 12.0 Å². The molecule has 0 spiro atoms. The molecule has 0 N–H and O–H groups in total. The van der Waals surface area contributed by atoms with Crippen LogP contribution in [0.3, 0.4) is 0 Å². The highest BCUT2D eigenvalue weighted by Crippen LogP contribution is 2.35. The van der Waals surface area contributed by atoms with Crippen molar-refractivity contribution in [2.45, 2.75) is 13.3 Å². The zero-order valence-electron chi connectivity index (χ0n) is 9.65. The number of methoxy groups -OCH3 is 1. The molecule has 0 aliphatic rings. The summed E-state index contributed by atoms with van der Waals surface area (Å²) in [6.07, 6.45) is -4.63. The molecule has 0 aromatic carbocycles. The Balaban J connectivity index is 3.44. The molecule has 10 heteroatoms. The van der Waals surface area contributed by atoms with Crippen LogP contribution in [0.15, 0.2) is 6.20 Å². The van der Waals surface area contributed by atoms with Gasteiger partial charge in [-0.1, -0.05) is 0 Å². The highest BCUT2D eigenvalue weighted by molar-refractivity contribution is 5.90. The lowest BCUT2D eigenvalue weighted by Gasteiger charge is -2.12. The molecule has 0 unspecified atom stereocenters. The first kappa shape index (κ1) is 14.7. The minimum Gasteiger partial charge on any atom is -0.464 e. The molecule has 0 fully saturated rings. The van der Waals surface area contributed by atoms with E-state index in [-0.39, 0.29) is 0 Å². The molecular formula is C9H7F3N2O5. The molecule has 19 heavy (non-hydrogen) atoms. The van der Waals surface area contributed by atoms with Crippen molar-refractivity contribution in [3.8, 4) is 5.75 Å². The lowest BCUT2D eigenvalue weighted by Crippen LogP contribution is -2.20. The highest BCUT2D eigenvalue weighted by atomic mass is 19.4. The van der Waals surface area contributed by atoms with Crippen LogP contribution in [0.1, 0.15) is 16.1 Å². The van der Waals surface area contributed by atoms with E-state index in [1.807, 2.05) is 0 Å². The van der Waals surface area contributed by atoms with Gasteiger partial charge in [0, 0.05) is 5.56 Å². The summed E-state index contributed by atoms with van der Waals surface area (Å²) >= 11 is 0. The number of carbonyl (C=O) groups is 1. The van der Waals surface area contributed by atoms with Crippen molar-refractivity contribution in [2.24, 2.45) is 0 Å². The normalized spacial score (nSPS) is 11.0. The van der Waals surface area contributed by atoms with E-state index in [0.29, 0.717) is 6.20 Å². The molecular weight excluding hydrogens is 273 g/mol. The van der Waals surface area contributed by atoms with Gasteiger partial charge in [-0.15, -0.1) is 13.2 Å². The Morgan fingerprint density at radius 1 is 1.47 bits per heavy atom. The predicted octanol–water partition coefficient (Wildman–Crippen LogP) is 1.98. The number of carbonyl (C=O) groups excluding carboxylic acids is 1. The fraction of sp³-hybridized carbons (Fsp3) is 0.333. The lowest BCUT2D eigenvalue weighted by atomic mass is 10.2. The van der Waals surface area contributed by atoms with Gasteiger partial charge in [-0.3, -0.25) is 10.1 Å². The van der Waals surface area contributed by atoms with Gasteiger partial charge in [-0.2, -0.15) is 0 Å². The molecule has 0 atom stereocenters. The number of hydrogen-bond donors (Lipinski definition) is 0. The topological polar surface area (TPSA) is 91.6 Å². The van der Waals surface area contributed by atoms with Crippen LogP contribution in [0.5, 0.6) is 5.75 Å². The average molecular weight is 280 g/mol. The van der Waals surface area contributed by atoms with E-state index in [1.54, 1.807) is 0 Å². The minimum atomic E-state index is -5.13. The second kappa shape index (κ2) is 5.08. The maximum absolute atomic E-state index is 12.2. The number of aromatic nitrogens is 1. The van der Waals surface area contributed by atoms with Crippen LogP contribution in [0.2, 0.25) is 0 Å². The first-order valence-corrected chi connectivity index (χ1v) is 4.65. The van der Waals surface area contributed by atoms with Crippen LogP contribution in [-0.2, 0) is 4.74 Å². The number of ether oxygens (including phenoxy) is 2. The number of rotatable bonds is 3. The Morgan fingerprint density at radius 3 is 2.47 bits per heavy atom. The summed E-state index contributed by atoms with van der Waals surface area (Å²) in [5.41, 5.74) is -1.92. The van der Waals surface area contributed by atoms with Gasteiger partial charge < -0.3 is 9.47 Å². The van der Waals surface area contributed by atoms with Crippen LogP contribution in [-0.4, -0.2) is 29.3 Å². The van der Waals surface area contributed by atoms with E-state index < -0.39 is 39.9 Å². The van der Waals surface area contributed by atoms with Crippen molar-refractivity contribution in [1.82, 2.24) is 4.98 Å². The van der Waals surface area contributed by atoms with Crippen molar-refractivity contribution in [3.63, 3.8) is 0 Å². The molecule has 1 rings (SSSR count). The molecule has 104 valence electrons. The zero-order valence-corrected chi connectivity index (χ0v) is 9.65. The molecule has 0 aliphatic carbocycles. The summed E-state index contributed by atoms with van der Waals surface area (Å²) in [4.78, 5) is 24.2. The molecule has 0 amide bonds. The molecule has 1 aromatic heterocycles. The van der Waals surface area contributed by atoms with Crippen molar-refractivity contribution in [3.05, 3.63) is 27.6 Å². The number of halogens is 3. The van der Waals surface area contributed by atoms with Gasteiger partial charge in [-0.05, 0) is 6.92 Å². The molecule has 0 saturated heterocycles. The van der Waals surface area contributed by atoms with Crippen molar-refractivity contribution in [2.75, 3.05) is 7.11 Å². The molecule has 0 saturated carbocycles. The van der Waals surface area contributed by atoms with Crippen LogP contribution >= 0.6 is 0 Å². The number of hydrogen-bond acceptors (Lipinski definition) is 6. The molecule has 1 aromatic rings. The summed E-state index contributed by atoms with van der Waals surface area (Å²) in [6.45, 7) is 1.04. The fourth-order valence-electron chi connectivity index (χ4n) is 1.26. The molecule has 0 aliphatic heterocycles. The van der Waals surface area contributed by atoms with E-state index in [4.69, 9.17) is 0 Å². The fourth-order valence-corrected chi connectivity index (χ4v) is 1.26. The first-order valence-electron chi connectivity index (χ1n) is 4.65. The third kappa shape index (κ3) is 3.30. The quantitative estimate of drug-likeness (QED) is 0.477. The highest BCUT2D eigenvalue weighted by Gasteiger charge is 2.37. The Labute approximate surface area is 104 Å². The van der Waals surface area contributed by atoms with E-state index in [2.05, 4.69) is 14.5 Å². The van der Waals surface area contributed by atoms with Crippen LogP contribution in [0.4, 0.5) is 18.9 Å². The van der Waals surface area contributed by atoms with Gasteiger partial charge in [0.15, 0.2) is 5.69 Å². The predicted molar refractivity (Wildman–Crippen MR) is 53.7 cm³/mol. The third-order valence-electron chi connectivity index (χ3n) is 2.04. The summed E-state index contributed by atoms with van der Waals surface area (Å²) in [5.74, 6) is -2.12. The average Bonchev–Trinajstić information content (AvgIpc) is 2.28. The maximum Gasteiger partial charge on any atom is 0.573 e. The number of pyridine rings is 1. The van der Waals surface area contributed by atoms with E-state index >= 15 is 0 Å².